The molecule has 1 aromatic rings. The molecule has 1 fully saturated rings. The smallest absolute Gasteiger partial charge is 0.237 e. The molecule has 1 heterocycles. The Hall–Kier alpha value is -0.750. The minimum absolute atomic E-state index is 0. The summed E-state index contributed by atoms with van der Waals surface area (Å²) in [5, 5.41) is 6.17. The van der Waals surface area contributed by atoms with E-state index >= 15 is 0 Å². The molecule has 0 aliphatic carbocycles. The molecule has 22 heavy (non-hydrogen) atoms. The fraction of sp³-hybridized carbons (Fsp3) is 0.562. The maximum Gasteiger partial charge on any atom is 0.237 e. The van der Waals surface area contributed by atoms with E-state index in [0.717, 1.165) is 24.5 Å². The Morgan fingerprint density at radius 3 is 2.77 bits per heavy atom. The molecular formula is C16H25ClN2O2S. The molecule has 0 bridgehead atoms. The number of carbonyl (C=O) groups is 1. The predicted molar refractivity (Wildman–Crippen MR) is 94.8 cm³/mol. The standard InChI is InChI=1S/C16H24N2O2S.ClH/c1-12-3-5-13(6-4-12)11-21-8-7-17-16(19)15-9-14(20-2)10-18-15;/h3-6,14-15,18H,7-11H2,1-2H3,(H,17,19);1H/t14-,15+;/m0./s1. The summed E-state index contributed by atoms with van der Waals surface area (Å²) in [7, 11) is 1.69. The minimum atomic E-state index is -0.1000. The number of carbonyl (C=O) groups excluding carboxylic acids is 1. The molecule has 0 radical (unpaired) electrons. The van der Waals surface area contributed by atoms with Crippen LogP contribution >= 0.6 is 24.2 Å². The zero-order valence-electron chi connectivity index (χ0n) is 13.1. The Kier molecular flexibility index (Phi) is 8.86. The molecule has 1 saturated heterocycles. The summed E-state index contributed by atoms with van der Waals surface area (Å²) in [5.41, 5.74) is 2.62. The van der Waals surface area contributed by atoms with Crippen molar-refractivity contribution in [3.8, 4) is 0 Å². The number of halogens is 1. The van der Waals surface area contributed by atoms with E-state index in [1.54, 1.807) is 7.11 Å². The van der Waals surface area contributed by atoms with Gasteiger partial charge in [0.15, 0.2) is 0 Å². The number of aryl methyl sites for hydroxylation is 1. The molecular weight excluding hydrogens is 320 g/mol. The second-order valence-corrected chi connectivity index (χ2v) is 6.49. The van der Waals surface area contributed by atoms with Crippen molar-refractivity contribution in [1.29, 1.82) is 0 Å². The van der Waals surface area contributed by atoms with Gasteiger partial charge in [-0.1, -0.05) is 29.8 Å². The molecule has 0 unspecified atom stereocenters. The van der Waals surface area contributed by atoms with Crippen LogP contribution in [0.25, 0.3) is 0 Å². The number of hydrogen-bond acceptors (Lipinski definition) is 4. The molecule has 1 amide bonds. The third-order valence-corrected chi connectivity index (χ3v) is 4.71. The van der Waals surface area contributed by atoms with Crippen LogP contribution in [0.5, 0.6) is 0 Å². The highest BCUT2D eigenvalue weighted by Gasteiger charge is 2.28. The Balaban J connectivity index is 0.00000242. The average molecular weight is 345 g/mol. The molecule has 2 rings (SSSR count). The van der Waals surface area contributed by atoms with E-state index in [1.807, 2.05) is 11.8 Å². The van der Waals surface area contributed by atoms with Crippen molar-refractivity contribution in [1.82, 2.24) is 10.6 Å². The van der Waals surface area contributed by atoms with Crippen molar-refractivity contribution < 1.29 is 9.53 Å². The molecule has 124 valence electrons. The van der Waals surface area contributed by atoms with Crippen molar-refractivity contribution >= 4 is 30.1 Å². The molecule has 4 nitrogen and oxygen atoms in total. The molecule has 1 aliphatic rings. The summed E-state index contributed by atoms with van der Waals surface area (Å²) in [4.78, 5) is 11.9. The number of amides is 1. The Morgan fingerprint density at radius 2 is 2.14 bits per heavy atom. The zero-order valence-corrected chi connectivity index (χ0v) is 14.8. The topological polar surface area (TPSA) is 50.4 Å². The van der Waals surface area contributed by atoms with Crippen LogP contribution in [-0.2, 0) is 15.3 Å². The molecule has 2 N–H and O–H groups in total. The van der Waals surface area contributed by atoms with E-state index in [1.165, 1.54) is 11.1 Å². The number of hydrogen-bond donors (Lipinski definition) is 2. The van der Waals surface area contributed by atoms with Gasteiger partial charge < -0.3 is 15.4 Å². The van der Waals surface area contributed by atoms with Gasteiger partial charge in [0.25, 0.3) is 0 Å². The lowest BCUT2D eigenvalue weighted by Gasteiger charge is -2.11. The Morgan fingerprint density at radius 1 is 1.41 bits per heavy atom. The third-order valence-electron chi connectivity index (χ3n) is 3.68. The number of ether oxygens (including phenoxy) is 1. The van der Waals surface area contributed by atoms with Gasteiger partial charge in [0.05, 0.1) is 12.1 Å². The van der Waals surface area contributed by atoms with Crippen molar-refractivity contribution in [3.63, 3.8) is 0 Å². The first-order chi connectivity index (χ1) is 10.2. The van der Waals surface area contributed by atoms with E-state index in [9.17, 15) is 4.79 Å². The van der Waals surface area contributed by atoms with Crippen molar-refractivity contribution in [3.05, 3.63) is 35.4 Å². The number of rotatable bonds is 7. The number of methoxy groups -OCH3 is 1. The van der Waals surface area contributed by atoms with Gasteiger partial charge in [-0.25, -0.2) is 0 Å². The maximum atomic E-state index is 11.9. The van der Waals surface area contributed by atoms with Gasteiger partial charge in [-0.05, 0) is 18.9 Å². The lowest BCUT2D eigenvalue weighted by atomic mass is 10.2. The summed E-state index contributed by atoms with van der Waals surface area (Å²) in [5.74, 6) is 2.01. The highest BCUT2D eigenvalue weighted by Crippen LogP contribution is 2.13. The first kappa shape index (κ1) is 19.3. The molecule has 6 heteroatoms. The molecule has 2 atom stereocenters. The third kappa shape index (κ3) is 6.16. The lowest BCUT2D eigenvalue weighted by Crippen LogP contribution is -2.41. The lowest BCUT2D eigenvalue weighted by molar-refractivity contribution is -0.122. The number of benzene rings is 1. The fourth-order valence-corrected chi connectivity index (χ4v) is 3.15. The first-order valence-electron chi connectivity index (χ1n) is 7.36. The van der Waals surface area contributed by atoms with Crippen LogP contribution in [0, 0.1) is 6.92 Å². The second-order valence-electron chi connectivity index (χ2n) is 5.38. The maximum absolute atomic E-state index is 11.9. The second kappa shape index (κ2) is 10.1. The largest absolute Gasteiger partial charge is 0.380 e. The van der Waals surface area contributed by atoms with E-state index in [-0.39, 0.29) is 30.5 Å². The van der Waals surface area contributed by atoms with Crippen LogP contribution in [0.3, 0.4) is 0 Å². The van der Waals surface area contributed by atoms with E-state index < -0.39 is 0 Å². The first-order valence-corrected chi connectivity index (χ1v) is 8.51. The van der Waals surface area contributed by atoms with Gasteiger partial charge in [0.1, 0.15) is 0 Å². The quantitative estimate of drug-likeness (QED) is 0.744. The van der Waals surface area contributed by atoms with E-state index in [2.05, 4.69) is 41.8 Å². The van der Waals surface area contributed by atoms with E-state index in [0.29, 0.717) is 6.54 Å². The number of nitrogens with one attached hydrogen (secondary N) is 2. The summed E-state index contributed by atoms with van der Waals surface area (Å²) in [6.07, 6.45) is 0.926. The van der Waals surface area contributed by atoms with E-state index in [4.69, 9.17) is 4.74 Å². The Labute approximate surface area is 143 Å². The molecule has 0 aromatic heterocycles. The van der Waals surface area contributed by atoms with Gasteiger partial charge in [-0.15, -0.1) is 12.4 Å². The van der Waals surface area contributed by atoms with Crippen LogP contribution in [0.15, 0.2) is 24.3 Å². The molecule has 0 saturated carbocycles. The van der Waals surface area contributed by atoms with Gasteiger partial charge in [-0.2, -0.15) is 11.8 Å². The summed E-state index contributed by atoms with van der Waals surface area (Å²) in [6, 6.07) is 8.49. The summed E-state index contributed by atoms with van der Waals surface area (Å²) < 4.78 is 5.25. The van der Waals surface area contributed by atoms with Crippen molar-refractivity contribution in [2.24, 2.45) is 0 Å². The zero-order chi connectivity index (χ0) is 15.1. The van der Waals surface area contributed by atoms with Crippen LogP contribution in [0.4, 0.5) is 0 Å². The monoisotopic (exact) mass is 344 g/mol. The van der Waals surface area contributed by atoms with Crippen LogP contribution in [0.2, 0.25) is 0 Å². The van der Waals surface area contributed by atoms with Crippen LogP contribution in [0.1, 0.15) is 17.5 Å². The van der Waals surface area contributed by atoms with Crippen LogP contribution < -0.4 is 10.6 Å². The van der Waals surface area contributed by atoms with Gasteiger partial charge in [0.2, 0.25) is 5.91 Å². The normalized spacial score (nSPS) is 20.5. The van der Waals surface area contributed by atoms with Gasteiger partial charge in [0, 0.05) is 31.7 Å². The molecule has 1 aliphatic heterocycles. The van der Waals surface area contributed by atoms with Gasteiger partial charge >= 0.3 is 0 Å². The fourth-order valence-electron chi connectivity index (χ4n) is 2.33. The molecule has 1 aromatic carbocycles. The highest BCUT2D eigenvalue weighted by molar-refractivity contribution is 7.98. The van der Waals surface area contributed by atoms with Crippen molar-refractivity contribution in [2.45, 2.75) is 31.2 Å². The van der Waals surface area contributed by atoms with Crippen molar-refractivity contribution in [2.75, 3.05) is 26.0 Å². The predicted octanol–water partition coefficient (Wildman–Crippen LogP) is 2.14. The molecule has 0 spiro atoms. The van der Waals surface area contributed by atoms with Crippen LogP contribution in [-0.4, -0.2) is 44.0 Å². The van der Waals surface area contributed by atoms with Gasteiger partial charge in [-0.3, -0.25) is 4.79 Å². The summed E-state index contributed by atoms with van der Waals surface area (Å²) >= 11 is 1.84. The summed E-state index contributed by atoms with van der Waals surface area (Å²) in [6.45, 7) is 3.57. The Bertz CT molecular complexity index is 456. The highest BCUT2D eigenvalue weighted by atomic mass is 35.5. The SMILES string of the molecule is CO[C@@H]1CN[C@@H](C(=O)NCCSCc2ccc(C)cc2)C1.Cl. The average Bonchev–Trinajstić information content (AvgIpc) is 2.98. The minimum Gasteiger partial charge on any atom is -0.380 e. The number of thioether (sulfide) groups is 1.